The molecule has 2 aromatic heterocycles. The van der Waals surface area contributed by atoms with Gasteiger partial charge in [0.05, 0.1) is 6.54 Å². The Labute approximate surface area is 180 Å². The number of anilines is 2. The van der Waals surface area contributed by atoms with E-state index in [4.69, 9.17) is 4.52 Å². The Kier molecular flexibility index (Phi) is 6.22. The Balaban J connectivity index is 1.32. The maximum atomic E-state index is 13.0. The number of aromatic nitrogens is 3. The quantitative estimate of drug-likeness (QED) is 0.650. The maximum absolute atomic E-state index is 13.0. The summed E-state index contributed by atoms with van der Waals surface area (Å²) in [6, 6.07) is 9.57. The first kappa shape index (κ1) is 20.9. The average Bonchev–Trinajstić information content (AvgIpc) is 3.27. The summed E-state index contributed by atoms with van der Waals surface area (Å²) in [5.41, 5.74) is 1.43. The molecule has 162 valence electrons. The van der Waals surface area contributed by atoms with Gasteiger partial charge in [-0.05, 0) is 36.4 Å². The predicted molar refractivity (Wildman–Crippen MR) is 115 cm³/mol. The third-order valence-electron chi connectivity index (χ3n) is 5.14. The fourth-order valence-electron chi connectivity index (χ4n) is 3.38. The van der Waals surface area contributed by atoms with Gasteiger partial charge in [-0.1, -0.05) is 19.0 Å². The van der Waals surface area contributed by atoms with Crippen molar-refractivity contribution in [1.29, 1.82) is 0 Å². The lowest BCUT2D eigenvalue weighted by Crippen LogP contribution is -2.48. The molecule has 1 saturated heterocycles. The summed E-state index contributed by atoms with van der Waals surface area (Å²) in [5, 5.41) is 6.82. The lowest BCUT2D eigenvalue weighted by molar-refractivity contribution is -0.117. The van der Waals surface area contributed by atoms with Crippen LogP contribution in [0.5, 0.6) is 0 Å². The molecule has 31 heavy (non-hydrogen) atoms. The zero-order valence-electron chi connectivity index (χ0n) is 17.6. The lowest BCUT2D eigenvalue weighted by Gasteiger charge is -2.35. The van der Waals surface area contributed by atoms with E-state index in [0.29, 0.717) is 23.9 Å². The maximum Gasteiger partial charge on any atom is 0.258 e. The minimum Gasteiger partial charge on any atom is -0.354 e. The molecule has 3 aromatic rings. The molecule has 1 N–H and O–H groups in total. The van der Waals surface area contributed by atoms with Crippen LogP contribution >= 0.6 is 0 Å². The molecule has 1 amide bonds. The number of pyridine rings is 1. The molecule has 0 bridgehead atoms. The number of rotatable bonds is 6. The first-order valence-electron chi connectivity index (χ1n) is 10.3. The Hall–Kier alpha value is -3.33. The summed E-state index contributed by atoms with van der Waals surface area (Å²) < 4.78 is 18.4. The van der Waals surface area contributed by atoms with E-state index in [-0.39, 0.29) is 17.6 Å². The molecule has 1 aromatic carbocycles. The van der Waals surface area contributed by atoms with Crippen LogP contribution in [0, 0.1) is 5.82 Å². The number of nitrogens with zero attached hydrogens (tertiary/aromatic N) is 5. The molecule has 9 heteroatoms. The standard InChI is InChI=1S/C22H25FN6O2/c1-15(2)21-26-22(31-27-21)16-7-8-24-19(13-16)29-11-9-28(10-12-29)14-20(30)25-18-5-3-17(23)4-6-18/h3-8,13,15H,9-12,14H2,1-2H3,(H,25,30). The molecular formula is C22H25FN6O2. The van der Waals surface area contributed by atoms with Crippen LogP contribution in [-0.2, 0) is 4.79 Å². The van der Waals surface area contributed by atoms with Gasteiger partial charge in [-0.3, -0.25) is 9.69 Å². The second-order valence-electron chi connectivity index (χ2n) is 7.83. The Morgan fingerprint density at radius 1 is 1.16 bits per heavy atom. The van der Waals surface area contributed by atoms with Gasteiger partial charge in [0.25, 0.3) is 5.89 Å². The van der Waals surface area contributed by atoms with Crippen molar-refractivity contribution < 1.29 is 13.7 Å². The summed E-state index contributed by atoms with van der Waals surface area (Å²) in [6.07, 6.45) is 1.74. The number of carbonyl (C=O) groups is 1. The van der Waals surface area contributed by atoms with Gasteiger partial charge < -0.3 is 14.7 Å². The molecule has 4 rings (SSSR count). The summed E-state index contributed by atoms with van der Waals surface area (Å²) in [5.74, 6) is 1.78. The number of piperazine rings is 1. The fraction of sp³-hybridized carbons (Fsp3) is 0.364. The third kappa shape index (κ3) is 5.24. The van der Waals surface area contributed by atoms with Crippen LogP contribution < -0.4 is 10.2 Å². The van der Waals surface area contributed by atoms with Crippen molar-refractivity contribution in [2.24, 2.45) is 0 Å². The van der Waals surface area contributed by atoms with Gasteiger partial charge in [-0.2, -0.15) is 4.98 Å². The van der Waals surface area contributed by atoms with Gasteiger partial charge in [0.15, 0.2) is 5.82 Å². The predicted octanol–water partition coefficient (Wildman–Crippen LogP) is 3.15. The van der Waals surface area contributed by atoms with Gasteiger partial charge in [-0.15, -0.1) is 0 Å². The lowest BCUT2D eigenvalue weighted by atomic mass is 10.2. The normalized spacial score (nSPS) is 14.8. The van der Waals surface area contributed by atoms with E-state index in [1.807, 2.05) is 26.0 Å². The summed E-state index contributed by atoms with van der Waals surface area (Å²) in [7, 11) is 0. The molecule has 0 spiro atoms. The van der Waals surface area contributed by atoms with Gasteiger partial charge in [0.2, 0.25) is 5.91 Å². The van der Waals surface area contributed by atoms with E-state index in [2.05, 4.69) is 30.2 Å². The summed E-state index contributed by atoms with van der Waals surface area (Å²) in [4.78, 5) is 25.5. The molecule has 1 fully saturated rings. The first-order chi connectivity index (χ1) is 15.0. The van der Waals surface area contributed by atoms with E-state index in [0.717, 1.165) is 37.6 Å². The van der Waals surface area contributed by atoms with Crippen LogP contribution in [0.3, 0.4) is 0 Å². The molecule has 0 unspecified atom stereocenters. The van der Waals surface area contributed by atoms with Crippen molar-refractivity contribution in [3.63, 3.8) is 0 Å². The molecule has 1 aliphatic heterocycles. The summed E-state index contributed by atoms with van der Waals surface area (Å²) >= 11 is 0. The Morgan fingerprint density at radius 3 is 2.58 bits per heavy atom. The van der Waals surface area contributed by atoms with Gasteiger partial charge >= 0.3 is 0 Å². The van der Waals surface area contributed by atoms with E-state index < -0.39 is 0 Å². The molecule has 3 heterocycles. The van der Waals surface area contributed by atoms with E-state index in [9.17, 15) is 9.18 Å². The van der Waals surface area contributed by atoms with E-state index >= 15 is 0 Å². The minimum atomic E-state index is -0.328. The van der Waals surface area contributed by atoms with E-state index in [1.54, 1.807) is 18.3 Å². The Morgan fingerprint density at radius 2 is 1.90 bits per heavy atom. The number of benzene rings is 1. The van der Waals surface area contributed by atoms with Gasteiger partial charge in [-0.25, -0.2) is 9.37 Å². The fourth-order valence-corrected chi connectivity index (χ4v) is 3.38. The van der Waals surface area contributed by atoms with Crippen molar-refractivity contribution >= 4 is 17.4 Å². The topological polar surface area (TPSA) is 87.4 Å². The SMILES string of the molecule is CC(C)c1noc(-c2ccnc(N3CCN(CC(=O)Nc4ccc(F)cc4)CC3)c2)n1. The molecule has 0 atom stereocenters. The molecule has 0 saturated carbocycles. The smallest absolute Gasteiger partial charge is 0.258 e. The van der Waals surface area contributed by atoms with Gasteiger partial charge in [0, 0.05) is 49.5 Å². The molecule has 1 aliphatic rings. The second kappa shape index (κ2) is 9.22. The van der Waals surface area contributed by atoms with Crippen LogP contribution in [0.4, 0.5) is 15.9 Å². The average molecular weight is 424 g/mol. The van der Waals surface area contributed by atoms with Crippen molar-refractivity contribution in [2.75, 3.05) is 42.9 Å². The number of halogens is 1. The molecule has 8 nitrogen and oxygen atoms in total. The van der Waals surface area contributed by atoms with Crippen molar-refractivity contribution in [2.45, 2.75) is 19.8 Å². The van der Waals surface area contributed by atoms with Gasteiger partial charge in [0.1, 0.15) is 11.6 Å². The van der Waals surface area contributed by atoms with Crippen LogP contribution in [0.2, 0.25) is 0 Å². The molecule has 0 radical (unpaired) electrons. The van der Waals surface area contributed by atoms with Crippen molar-refractivity contribution in [3.8, 4) is 11.5 Å². The second-order valence-corrected chi connectivity index (χ2v) is 7.83. The Bertz CT molecular complexity index is 1030. The van der Waals surface area contributed by atoms with Crippen molar-refractivity contribution in [3.05, 3.63) is 54.2 Å². The van der Waals surface area contributed by atoms with Crippen LogP contribution in [0.15, 0.2) is 47.1 Å². The van der Waals surface area contributed by atoms with Crippen molar-refractivity contribution in [1.82, 2.24) is 20.0 Å². The zero-order chi connectivity index (χ0) is 21.8. The number of hydrogen-bond acceptors (Lipinski definition) is 7. The minimum absolute atomic E-state index is 0.113. The number of hydrogen-bond donors (Lipinski definition) is 1. The first-order valence-corrected chi connectivity index (χ1v) is 10.3. The third-order valence-corrected chi connectivity index (χ3v) is 5.14. The molecule has 0 aliphatic carbocycles. The highest BCUT2D eigenvalue weighted by Crippen LogP contribution is 2.24. The largest absolute Gasteiger partial charge is 0.354 e. The number of nitrogens with one attached hydrogen (secondary N) is 1. The number of carbonyl (C=O) groups excluding carboxylic acids is 1. The van der Waals surface area contributed by atoms with Crippen LogP contribution in [0.25, 0.3) is 11.5 Å². The highest BCUT2D eigenvalue weighted by molar-refractivity contribution is 5.92. The zero-order valence-corrected chi connectivity index (χ0v) is 17.6. The van der Waals surface area contributed by atoms with E-state index in [1.165, 1.54) is 12.1 Å². The van der Waals surface area contributed by atoms with Crippen LogP contribution in [-0.4, -0.2) is 58.7 Å². The molecular weight excluding hydrogens is 399 g/mol. The highest BCUT2D eigenvalue weighted by Gasteiger charge is 2.21. The monoisotopic (exact) mass is 424 g/mol. The highest BCUT2D eigenvalue weighted by atomic mass is 19.1. The van der Waals surface area contributed by atoms with Crippen LogP contribution in [0.1, 0.15) is 25.6 Å². The number of amides is 1. The summed E-state index contributed by atoms with van der Waals surface area (Å²) in [6.45, 7) is 7.31.